The molecule has 3 aromatic rings. The molecule has 7 nitrogen and oxygen atoms in total. The van der Waals surface area contributed by atoms with Gasteiger partial charge in [0.1, 0.15) is 17.0 Å². The molecular weight excluding hydrogens is 534 g/mol. The fourth-order valence-corrected chi connectivity index (χ4v) is 8.40. The van der Waals surface area contributed by atoms with Crippen LogP contribution in [0.5, 0.6) is 11.5 Å². The topological polar surface area (TPSA) is 83.7 Å². The Morgan fingerprint density at radius 3 is 2.49 bits per heavy atom. The fraction of sp³-hybridized carbons (Fsp3) is 0.515. The van der Waals surface area contributed by atoms with Gasteiger partial charge >= 0.3 is 0 Å². The first-order chi connectivity index (χ1) is 19.7. The zero-order valence-corrected chi connectivity index (χ0v) is 25.5. The minimum atomic E-state index is -0.861. The van der Waals surface area contributed by atoms with E-state index >= 15 is 0 Å². The monoisotopic (exact) mass is 575 g/mol. The molecular formula is C33H41N3O4S. The number of aromatic nitrogens is 1. The summed E-state index contributed by atoms with van der Waals surface area (Å²) in [5.74, 6) is 3.46. The Morgan fingerprint density at radius 2 is 1.80 bits per heavy atom. The molecule has 6 rings (SSSR count). The van der Waals surface area contributed by atoms with Gasteiger partial charge in [-0.2, -0.15) is 11.8 Å². The van der Waals surface area contributed by atoms with Crippen LogP contribution in [0.2, 0.25) is 0 Å². The number of hydrogen-bond donors (Lipinski definition) is 2. The summed E-state index contributed by atoms with van der Waals surface area (Å²) in [4.78, 5) is 34.2. The number of aryl methyl sites for hydroxylation is 1. The zero-order valence-electron chi connectivity index (χ0n) is 24.7. The van der Waals surface area contributed by atoms with Crippen molar-refractivity contribution < 1.29 is 19.1 Å². The SMILES string of the molecule is COc1ccc(NC(=O)C2(N(C(=O)C[C@@H]3[C@H](c4c(C)[nH]c5ccccc45)C3(C)C)C3CC3)CCSCC2)c(OC)c1. The van der Waals surface area contributed by atoms with Crippen molar-refractivity contribution >= 4 is 40.2 Å². The minimum Gasteiger partial charge on any atom is -0.497 e. The second-order valence-electron chi connectivity index (χ2n) is 12.5. The predicted molar refractivity (Wildman–Crippen MR) is 165 cm³/mol. The molecule has 2 N–H and O–H groups in total. The molecule has 218 valence electrons. The second-order valence-corrected chi connectivity index (χ2v) is 13.7. The van der Waals surface area contributed by atoms with Crippen molar-refractivity contribution in [2.75, 3.05) is 31.0 Å². The number of carbonyl (C=O) groups is 2. The molecule has 2 atom stereocenters. The molecule has 0 unspecified atom stereocenters. The summed E-state index contributed by atoms with van der Waals surface area (Å²) in [6.45, 7) is 6.72. The Kier molecular flexibility index (Phi) is 7.25. The first-order valence-electron chi connectivity index (χ1n) is 14.7. The van der Waals surface area contributed by atoms with Gasteiger partial charge in [-0.15, -0.1) is 0 Å². The molecule has 2 heterocycles. The van der Waals surface area contributed by atoms with Crippen molar-refractivity contribution in [2.24, 2.45) is 11.3 Å². The average molecular weight is 576 g/mol. The van der Waals surface area contributed by atoms with E-state index in [4.69, 9.17) is 9.47 Å². The highest BCUT2D eigenvalue weighted by molar-refractivity contribution is 7.99. The maximum atomic E-state index is 14.4. The van der Waals surface area contributed by atoms with Crippen molar-refractivity contribution in [3.63, 3.8) is 0 Å². The molecule has 1 saturated heterocycles. The Bertz CT molecular complexity index is 1470. The number of benzene rings is 2. The highest BCUT2D eigenvalue weighted by Crippen LogP contribution is 2.67. The van der Waals surface area contributed by atoms with Gasteiger partial charge < -0.3 is 24.7 Å². The summed E-state index contributed by atoms with van der Waals surface area (Å²) in [5.41, 5.74) is 3.42. The molecule has 1 aliphatic heterocycles. The molecule has 0 spiro atoms. The average Bonchev–Trinajstić information content (AvgIpc) is 3.86. The van der Waals surface area contributed by atoms with Crippen LogP contribution in [-0.4, -0.2) is 59.0 Å². The summed E-state index contributed by atoms with van der Waals surface area (Å²) in [6, 6.07) is 14.0. The summed E-state index contributed by atoms with van der Waals surface area (Å²) < 4.78 is 10.9. The van der Waals surface area contributed by atoms with Gasteiger partial charge in [-0.3, -0.25) is 9.59 Å². The molecule has 41 heavy (non-hydrogen) atoms. The number of ether oxygens (including phenoxy) is 2. The third-order valence-corrected chi connectivity index (χ3v) is 10.7. The van der Waals surface area contributed by atoms with Crippen LogP contribution in [0.3, 0.4) is 0 Å². The molecule has 0 bridgehead atoms. The minimum absolute atomic E-state index is 0.00883. The fourth-order valence-electron chi connectivity index (χ4n) is 7.24. The number of amides is 2. The number of hydrogen-bond acceptors (Lipinski definition) is 5. The van der Waals surface area contributed by atoms with Gasteiger partial charge in [0.25, 0.3) is 5.91 Å². The number of fused-ring (bicyclic) bond motifs is 1. The summed E-state index contributed by atoms with van der Waals surface area (Å²) in [7, 11) is 3.19. The number of rotatable bonds is 9. The van der Waals surface area contributed by atoms with E-state index in [1.807, 2.05) is 28.8 Å². The van der Waals surface area contributed by atoms with Crippen LogP contribution in [0, 0.1) is 18.3 Å². The molecule has 2 aliphatic carbocycles. The van der Waals surface area contributed by atoms with E-state index in [-0.39, 0.29) is 29.2 Å². The number of para-hydroxylation sites is 1. The quantitative estimate of drug-likeness (QED) is 0.304. The van der Waals surface area contributed by atoms with Crippen LogP contribution in [0.1, 0.15) is 63.1 Å². The van der Waals surface area contributed by atoms with Crippen molar-refractivity contribution in [3.8, 4) is 11.5 Å². The van der Waals surface area contributed by atoms with E-state index in [0.29, 0.717) is 42.4 Å². The third kappa shape index (κ3) is 4.88. The van der Waals surface area contributed by atoms with E-state index in [0.717, 1.165) is 29.9 Å². The number of methoxy groups -OCH3 is 2. The lowest BCUT2D eigenvalue weighted by Crippen LogP contribution is -2.61. The summed E-state index contributed by atoms with van der Waals surface area (Å²) in [5, 5.41) is 4.41. The molecule has 0 radical (unpaired) electrons. The lowest BCUT2D eigenvalue weighted by Gasteiger charge is -2.45. The predicted octanol–water partition coefficient (Wildman–Crippen LogP) is 6.52. The Hall–Kier alpha value is -3.13. The maximum Gasteiger partial charge on any atom is 0.250 e. The van der Waals surface area contributed by atoms with Crippen LogP contribution >= 0.6 is 11.8 Å². The van der Waals surface area contributed by atoms with E-state index in [1.165, 1.54) is 16.6 Å². The lowest BCUT2D eigenvalue weighted by atomic mass is 9.87. The number of aromatic amines is 1. The van der Waals surface area contributed by atoms with Crippen LogP contribution in [0.25, 0.3) is 10.9 Å². The van der Waals surface area contributed by atoms with E-state index in [9.17, 15) is 9.59 Å². The first-order valence-corrected chi connectivity index (χ1v) is 15.9. The van der Waals surface area contributed by atoms with Crippen molar-refractivity contribution in [2.45, 2.75) is 70.4 Å². The van der Waals surface area contributed by atoms with Gasteiger partial charge in [0, 0.05) is 35.1 Å². The van der Waals surface area contributed by atoms with Crippen LogP contribution < -0.4 is 14.8 Å². The summed E-state index contributed by atoms with van der Waals surface area (Å²) in [6.07, 6.45) is 3.69. The third-order valence-electron chi connectivity index (χ3n) is 9.74. The zero-order chi connectivity index (χ0) is 28.9. The highest BCUT2D eigenvalue weighted by atomic mass is 32.2. The Balaban J connectivity index is 1.28. The number of nitrogens with zero attached hydrogens (tertiary/aromatic N) is 1. The molecule has 2 aromatic carbocycles. The largest absolute Gasteiger partial charge is 0.497 e. The maximum absolute atomic E-state index is 14.4. The van der Waals surface area contributed by atoms with E-state index < -0.39 is 5.54 Å². The summed E-state index contributed by atoms with van der Waals surface area (Å²) >= 11 is 1.86. The first kappa shape index (κ1) is 28.0. The van der Waals surface area contributed by atoms with Crippen molar-refractivity contribution in [1.82, 2.24) is 9.88 Å². The molecule has 3 aliphatic rings. The smallest absolute Gasteiger partial charge is 0.250 e. The molecule has 3 fully saturated rings. The number of anilines is 1. The number of nitrogens with one attached hydrogen (secondary N) is 2. The molecule has 2 amide bonds. The van der Waals surface area contributed by atoms with E-state index in [2.05, 4.69) is 55.3 Å². The van der Waals surface area contributed by atoms with Crippen LogP contribution in [0.15, 0.2) is 42.5 Å². The van der Waals surface area contributed by atoms with Crippen LogP contribution in [-0.2, 0) is 9.59 Å². The Labute approximate surface area is 246 Å². The highest BCUT2D eigenvalue weighted by Gasteiger charge is 2.61. The standard InChI is InChI=1S/C33H41N3O4S/c1-20-29(23-8-6-7-9-25(23)34-20)30-24(32(30,2)3)19-28(37)36(21-10-11-21)33(14-16-41-17-15-33)31(38)35-26-13-12-22(39-4)18-27(26)40-5/h6-9,12-13,18,21,24,30,34H,10-11,14-17,19H2,1-5H3,(H,35,38)/t24-,30-/m1/s1. The van der Waals surface area contributed by atoms with Gasteiger partial charge in [0.2, 0.25) is 5.91 Å². The second kappa shape index (κ2) is 10.6. The molecule has 8 heteroatoms. The molecule has 2 saturated carbocycles. The van der Waals surface area contributed by atoms with Crippen molar-refractivity contribution in [3.05, 3.63) is 53.7 Å². The van der Waals surface area contributed by atoms with Gasteiger partial charge in [0.05, 0.1) is 19.9 Å². The number of thioether (sulfide) groups is 1. The van der Waals surface area contributed by atoms with E-state index in [1.54, 1.807) is 20.3 Å². The number of H-pyrrole nitrogens is 1. The number of carbonyl (C=O) groups excluding carboxylic acids is 2. The lowest BCUT2D eigenvalue weighted by molar-refractivity contribution is -0.147. The normalized spacial score (nSPS) is 22.7. The van der Waals surface area contributed by atoms with Crippen LogP contribution in [0.4, 0.5) is 5.69 Å². The van der Waals surface area contributed by atoms with Gasteiger partial charge in [-0.25, -0.2) is 0 Å². The Morgan fingerprint density at radius 1 is 1.07 bits per heavy atom. The van der Waals surface area contributed by atoms with Crippen molar-refractivity contribution in [1.29, 1.82) is 0 Å². The van der Waals surface area contributed by atoms with Gasteiger partial charge in [-0.05, 0) is 85.1 Å². The molecule has 1 aromatic heterocycles. The van der Waals surface area contributed by atoms with Gasteiger partial charge in [0.15, 0.2) is 0 Å². The van der Waals surface area contributed by atoms with Gasteiger partial charge in [-0.1, -0.05) is 32.0 Å².